The Morgan fingerprint density at radius 2 is 1.12 bits per heavy atom. The molecule has 0 aromatic carbocycles. The second-order valence-corrected chi connectivity index (χ2v) is 2.94. The van der Waals surface area contributed by atoms with E-state index < -0.39 is 0 Å². The molecule has 0 nitrogen and oxygen atoms in total. The second-order valence-electron chi connectivity index (χ2n) is 2.94. The number of hydrogen-bond donors (Lipinski definition) is 0. The van der Waals surface area contributed by atoms with Crippen LogP contribution in [-0.4, -0.2) is 0 Å². The Morgan fingerprint density at radius 3 is 1.19 bits per heavy atom. The summed E-state index contributed by atoms with van der Waals surface area (Å²) in [5.74, 6) is 0. The van der Waals surface area contributed by atoms with Crippen LogP contribution in [0.15, 0.2) is 50.6 Å². The van der Waals surface area contributed by atoms with Crippen molar-refractivity contribution in [3.8, 4) is 0 Å². The van der Waals surface area contributed by atoms with Crippen molar-refractivity contribution < 1.29 is 0 Å². The maximum absolute atomic E-state index is 3.60. The van der Waals surface area contributed by atoms with Gasteiger partial charge in [0.05, 0.1) is 0 Å². The zero-order chi connectivity index (χ0) is 13.7. The van der Waals surface area contributed by atoms with Crippen molar-refractivity contribution in [2.24, 2.45) is 0 Å². The summed E-state index contributed by atoms with van der Waals surface area (Å²) in [4.78, 5) is 0. The average Bonchev–Trinajstić information content (AvgIpc) is 2.29. The van der Waals surface area contributed by atoms with E-state index in [1.807, 2.05) is 26.0 Å². The lowest BCUT2D eigenvalue weighted by molar-refractivity contribution is 0.816. The normalized spacial score (nSPS) is 6.25. The summed E-state index contributed by atoms with van der Waals surface area (Å²) in [7, 11) is 0. The Hall–Kier alpha value is -1.04. The fourth-order valence-corrected chi connectivity index (χ4v) is 0.348. The van der Waals surface area contributed by atoms with Crippen LogP contribution in [0.3, 0.4) is 0 Å². The topological polar surface area (TPSA) is 0 Å². The molecular formula is C16H32. The van der Waals surface area contributed by atoms with Gasteiger partial charge in [-0.3, -0.25) is 0 Å². The molecule has 0 spiro atoms. The van der Waals surface area contributed by atoms with Crippen molar-refractivity contribution in [1.82, 2.24) is 0 Å². The van der Waals surface area contributed by atoms with Crippen LogP contribution in [0, 0.1) is 0 Å². The predicted octanol–water partition coefficient (Wildman–Crippen LogP) is 6.33. The number of unbranched alkanes of at least 4 members (excludes halogenated alkanes) is 2. The highest BCUT2D eigenvalue weighted by atomic mass is 13.8. The van der Waals surface area contributed by atoms with E-state index >= 15 is 0 Å². The van der Waals surface area contributed by atoms with Crippen LogP contribution in [0.25, 0.3) is 0 Å². The summed E-state index contributed by atoms with van der Waals surface area (Å²) in [5.41, 5.74) is 0. The first-order valence-electron chi connectivity index (χ1n) is 6.02. The molecule has 0 unspecified atom stereocenters. The highest BCUT2D eigenvalue weighted by Crippen LogP contribution is 1.91. The maximum Gasteiger partial charge on any atom is -0.0354 e. The van der Waals surface area contributed by atoms with E-state index in [0.29, 0.717) is 0 Å². The van der Waals surface area contributed by atoms with Gasteiger partial charge in [0, 0.05) is 0 Å². The van der Waals surface area contributed by atoms with Crippen LogP contribution < -0.4 is 0 Å². The Bertz CT molecular complexity index is 114. The summed E-state index contributed by atoms with van der Waals surface area (Å²) in [5, 5.41) is 0. The van der Waals surface area contributed by atoms with Gasteiger partial charge in [-0.2, -0.15) is 0 Å². The summed E-state index contributed by atoms with van der Waals surface area (Å²) in [6, 6.07) is 0. The SMILES string of the molecule is C=CC.C=CC.C=CCC.C=CCCCC. The largest absolute Gasteiger partial charge is 0.103 e. The van der Waals surface area contributed by atoms with Gasteiger partial charge in [0.1, 0.15) is 0 Å². The first-order valence-corrected chi connectivity index (χ1v) is 6.02. The van der Waals surface area contributed by atoms with Gasteiger partial charge < -0.3 is 0 Å². The monoisotopic (exact) mass is 224 g/mol. The molecule has 0 bridgehead atoms. The molecule has 0 rings (SSSR count). The van der Waals surface area contributed by atoms with E-state index in [-0.39, 0.29) is 0 Å². The van der Waals surface area contributed by atoms with Crippen molar-refractivity contribution in [2.45, 2.75) is 53.4 Å². The minimum absolute atomic E-state index is 1.08. The molecule has 0 N–H and O–H groups in total. The van der Waals surface area contributed by atoms with E-state index in [2.05, 4.69) is 40.2 Å². The van der Waals surface area contributed by atoms with Crippen LogP contribution in [0.1, 0.15) is 53.4 Å². The van der Waals surface area contributed by atoms with Crippen LogP contribution in [0.2, 0.25) is 0 Å². The molecule has 0 heterocycles. The van der Waals surface area contributed by atoms with E-state index in [4.69, 9.17) is 0 Å². The number of hydrogen-bond acceptors (Lipinski definition) is 0. The Labute approximate surface area is 104 Å². The molecule has 0 heteroatoms. The molecule has 0 radical (unpaired) electrons. The summed E-state index contributed by atoms with van der Waals surface area (Å²) >= 11 is 0. The highest BCUT2D eigenvalue weighted by molar-refractivity contribution is 4.64. The molecule has 0 aromatic heterocycles. The molecular weight excluding hydrogens is 192 g/mol. The maximum atomic E-state index is 3.60. The molecule has 0 aliphatic rings. The molecule has 0 saturated carbocycles. The van der Waals surface area contributed by atoms with Crippen molar-refractivity contribution in [1.29, 1.82) is 0 Å². The standard InChI is InChI=1S/C6H12.C4H8.2C3H6/c1-3-5-6-4-2;1-3-4-2;2*1-3-2/h3H,1,4-6H2,2H3;3H,1,4H2,2H3;2*3H,1H2,2H3. The third kappa shape index (κ3) is 212. The molecule has 0 amide bonds. The number of allylic oxidation sites excluding steroid dienone is 4. The molecule has 0 atom stereocenters. The first-order chi connectivity index (χ1) is 7.66. The zero-order valence-electron chi connectivity index (χ0n) is 12.0. The second kappa shape index (κ2) is 48.4. The molecule has 0 aromatic rings. The molecule has 96 valence electrons. The van der Waals surface area contributed by atoms with Crippen molar-refractivity contribution >= 4 is 0 Å². The molecule has 0 saturated heterocycles. The predicted molar refractivity (Wildman–Crippen MR) is 82.0 cm³/mol. The van der Waals surface area contributed by atoms with Gasteiger partial charge >= 0.3 is 0 Å². The molecule has 0 fully saturated rings. The van der Waals surface area contributed by atoms with Gasteiger partial charge in [-0.1, -0.05) is 51.0 Å². The number of rotatable bonds is 4. The van der Waals surface area contributed by atoms with Crippen LogP contribution in [0.4, 0.5) is 0 Å². The van der Waals surface area contributed by atoms with Gasteiger partial charge in [0.15, 0.2) is 0 Å². The fraction of sp³-hybridized carbons (Fsp3) is 0.500. The Kier molecular flexibility index (Phi) is 73.4. The quantitative estimate of drug-likeness (QED) is 0.386. The average molecular weight is 224 g/mol. The van der Waals surface area contributed by atoms with Gasteiger partial charge in [-0.25, -0.2) is 0 Å². The minimum atomic E-state index is 1.08. The van der Waals surface area contributed by atoms with Gasteiger partial charge in [-0.05, 0) is 26.7 Å². The molecule has 0 aliphatic heterocycles. The third-order valence-electron chi connectivity index (χ3n) is 1.05. The van der Waals surface area contributed by atoms with Crippen molar-refractivity contribution in [3.63, 3.8) is 0 Å². The molecule has 0 aliphatic carbocycles. The Morgan fingerprint density at radius 1 is 0.812 bits per heavy atom. The van der Waals surface area contributed by atoms with Crippen LogP contribution in [-0.2, 0) is 0 Å². The summed E-state index contributed by atoms with van der Waals surface area (Å²) in [6.07, 6.45) is 12.2. The van der Waals surface area contributed by atoms with E-state index in [1.54, 1.807) is 12.2 Å². The lowest BCUT2D eigenvalue weighted by Crippen LogP contribution is -1.61. The van der Waals surface area contributed by atoms with Crippen LogP contribution >= 0.6 is 0 Å². The van der Waals surface area contributed by atoms with Gasteiger partial charge in [0.2, 0.25) is 0 Å². The molecule has 16 heavy (non-hydrogen) atoms. The fourth-order valence-electron chi connectivity index (χ4n) is 0.348. The van der Waals surface area contributed by atoms with E-state index in [1.165, 1.54) is 19.3 Å². The lowest BCUT2D eigenvalue weighted by Gasteiger charge is -1.81. The summed E-state index contributed by atoms with van der Waals surface area (Å²) in [6.45, 7) is 21.8. The smallest absolute Gasteiger partial charge is 0.0354 e. The van der Waals surface area contributed by atoms with Gasteiger partial charge in [0.25, 0.3) is 0 Å². The highest BCUT2D eigenvalue weighted by Gasteiger charge is 1.71. The first kappa shape index (κ1) is 24.3. The zero-order valence-corrected chi connectivity index (χ0v) is 12.0. The lowest BCUT2D eigenvalue weighted by atomic mass is 10.3. The van der Waals surface area contributed by atoms with E-state index in [9.17, 15) is 0 Å². The third-order valence-corrected chi connectivity index (χ3v) is 1.05. The van der Waals surface area contributed by atoms with Gasteiger partial charge in [-0.15, -0.1) is 26.3 Å². The van der Waals surface area contributed by atoms with Crippen molar-refractivity contribution in [2.75, 3.05) is 0 Å². The minimum Gasteiger partial charge on any atom is -0.103 e. The summed E-state index contributed by atoms with van der Waals surface area (Å²) < 4.78 is 0. The van der Waals surface area contributed by atoms with Crippen molar-refractivity contribution in [3.05, 3.63) is 50.6 Å². The van der Waals surface area contributed by atoms with Crippen LogP contribution in [0.5, 0.6) is 0 Å². The van der Waals surface area contributed by atoms with E-state index in [0.717, 1.165) is 6.42 Å². The Balaban J connectivity index is -0.0000000635.